The maximum atomic E-state index is 13.0. The van der Waals surface area contributed by atoms with E-state index in [4.69, 9.17) is 0 Å². The van der Waals surface area contributed by atoms with E-state index in [1.807, 2.05) is 6.92 Å². The molecular weight excluding hydrogens is 390 g/mol. The summed E-state index contributed by atoms with van der Waals surface area (Å²) in [5.74, 6) is -0.446. The molecule has 0 fully saturated rings. The van der Waals surface area contributed by atoms with E-state index in [0.717, 1.165) is 11.1 Å². The molecule has 2 N–H and O–H groups in total. The summed E-state index contributed by atoms with van der Waals surface area (Å²) in [7, 11) is -3.88. The van der Waals surface area contributed by atoms with Crippen molar-refractivity contribution < 1.29 is 18.3 Å². The van der Waals surface area contributed by atoms with Gasteiger partial charge in [-0.1, -0.05) is 35.9 Å². The number of aryl methyl sites for hydroxylation is 1. The van der Waals surface area contributed by atoms with Gasteiger partial charge in [0.15, 0.2) is 6.23 Å². The molecule has 0 saturated carbocycles. The lowest BCUT2D eigenvalue weighted by molar-refractivity contribution is 0.0137. The van der Waals surface area contributed by atoms with Crippen LogP contribution in [0.4, 0.5) is 5.69 Å². The molecule has 2 aromatic carbocycles. The fraction of sp³-hybridized carbons (Fsp3) is 0.143. The Balaban J connectivity index is 1.66. The van der Waals surface area contributed by atoms with Gasteiger partial charge in [-0.2, -0.15) is 0 Å². The Labute approximate surface area is 168 Å². The second kappa shape index (κ2) is 7.31. The zero-order chi connectivity index (χ0) is 20.6. The van der Waals surface area contributed by atoms with Crippen molar-refractivity contribution in [2.24, 2.45) is 0 Å². The predicted octanol–water partition coefficient (Wildman–Crippen LogP) is 2.84. The summed E-state index contributed by atoms with van der Waals surface area (Å²) in [6, 6.07) is 14.7. The molecule has 1 atom stereocenters. The lowest BCUT2D eigenvalue weighted by Crippen LogP contribution is -2.27. The molecule has 0 bridgehead atoms. The first-order chi connectivity index (χ1) is 13.9. The molecule has 4 rings (SSSR count). The minimum atomic E-state index is -3.88. The van der Waals surface area contributed by atoms with E-state index in [-0.39, 0.29) is 22.7 Å². The van der Waals surface area contributed by atoms with Crippen molar-refractivity contribution in [2.75, 3.05) is 4.72 Å². The first-order valence-electron chi connectivity index (χ1n) is 8.97. The standard InChI is InChI=1S/C21H19N3O4S/c1-14-7-9-16(10-8-14)29(27,28)23-18-6-2-5-17-19(18)21(26)24(20(17)25)13-15-4-3-11-22-12-15/h2-12,20,23,25H,13H2,1H3. The summed E-state index contributed by atoms with van der Waals surface area (Å²) in [6.45, 7) is 2.03. The Bertz CT molecular complexity index is 1160. The number of carbonyl (C=O) groups is 1. The summed E-state index contributed by atoms with van der Waals surface area (Å²) in [5, 5.41) is 10.7. The van der Waals surface area contributed by atoms with Gasteiger partial charge in [0.25, 0.3) is 15.9 Å². The fourth-order valence-electron chi connectivity index (χ4n) is 3.30. The topological polar surface area (TPSA) is 99.6 Å². The van der Waals surface area contributed by atoms with E-state index in [1.54, 1.807) is 48.8 Å². The average molecular weight is 409 g/mol. The van der Waals surface area contributed by atoms with Crippen molar-refractivity contribution >= 4 is 21.6 Å². The number of fused-ring (bicyclic) bond motifs is 1. The number of aliphatic hydroxyl groups is 1. The second-order valence-electron chi connectivity index (χ2n) is 6.86. The van der Waals surface area contributed by atoms with Crippen LogP contribution in [0.1, 0.15) is 33.3 Å². The Kier molecular flexibility index (Phi) is 4.81. The quantitative estimate of drug-likeness (QED) is 0.675. The van der Waals surface area contributed by atoms with Gasteiger partial charge in [0.1, 0.15) is 0 Å². The summed E-state index contributed by atoms with van der Waals surface area (Å²) in [4.78, 5) is 18.4. The third-order valence-corrected chi connectivity index (χ3v) is 6.18. The van der Waals surface area contributed by atoms with E-state index in [9.17, 15) is 18.3 Å². The molecule has 0 aliphatic carbocycles. The molecule has 1 aliphatic rings. The SMILES string of the molecule is Cc1ccc(S(=O)(=O)Nc2cccc3c2C(=O)N(Cc2cccnc2)C3O)cc1. The van der Waals surface area contributed by atoms with Crippen molar-refractivity contribution in [3.05, 3.63) is 89.2 Å². The van der Waals surface area contributed by atoms with Gasteiger partial charge >= 0.3 is 0 Å². The van der Waals surface area contributed by atoms with Gasteiger partial charge in [-0.15, -0.1) is 0 Å². The van der Waals surface area contributed by atoms with Crippen LogP contribution in [-0.4, -0.2) is 29.3 Å². The molecule has 1 amide bonds. The zero-order valence-electron chi connectivity index (χ0n) is 15.6. The number of rotatable bonds is 5. The van der Waals surface area contributed by atoms with E-state index in [1.165, 1.54) is 23.1 Å². The van der Waals surface area contributed by atoms with Gasteiger partial charge < -0.3 is 10.0 Å². The molecule has 29 heavy (non-hydrogen) atoms. The van der Waals surface area contributed by atoms with E-state index < -0.39 is 22.2 Å². The normalized spacial score (nSPS) is 16.0. The molecule has 2 heterocycles. The molecule has 8 heteroatoms. The van der Waals surface area contributed by atoms with Crippen LogP contribution in [0.25, 0.3) is 0 Å². The van der Waals surface area contributed by atoms with Crippen LogP contribution in [-0.2, 0) is 16.6 Å². The highest BCUT2D eigenvalue weighted by Crippen LogP contribution is 2.37. The number of pyridine rings is 1. The van der Waals surface area contributed by atoms with Crippen molar-refractivity contribution in [1.29, 1.82) is 0 Å². The Morgan fingerprint density at radius 1 is 1.10 bits per heavy atom. The summed E-state index contributed by atoms with van der Waals surface area (Å²) in [5.41, 5.74) is 2.35. The van der Waals surface area contributed by atoms with E-state index in [2.05, 4.69) is 9.71 Å². The molecule has 0 saturated heterocycles. The number of aliphatic hydroxyl groups excluding tert-OH is 1. The van der Waals surface area contributed by atoms with Gasteiger partial charge in [0.2, 0.25) is 0 Å². The van der Waals surface area contributed by atoms with Crippen molar-refractivity contribution in [3.63, 3.8) is 0 Å². The lowest BCUT2D eigenvalue weighted by atomic mass is 10.1. The first kappa shape index (κ1) is 19.1. The molecule has 148 valence electrons. The second-order valence-corrected chi connectivity index (χ2v) is 8.54. The number of amides is 1. The maximum Gasteiger partial charge on any atom is 0.261 e. The molecule has 0 radical (unpaired) electrons. The number of sulfonamides is 1. The number of anilines is 1. The van der Waals surface area contributed by atoms with Crippen molar-refractivity contribution in [3.8, 4) is 0 Å². The van der Waals surface area contributed by atoms with Crippen molar-refractivity contribution in [2.45, 2.75) is 24.6 Å². The third kappa shape index (κ3) is 3.59. The van der Waals surface area contributed by atoms with Gasteiger partial charge in [-0.3, -0.25) is 14.5 Å². The Hall–Kier alpha value is -3.23. The summed E-state index contributed by atoms with van der Waals surface area (Å²) < 4.78 is 28.0. The largest absolute Gasteiger partial charge is 0.369 e. The monoisotopic (exact) mass is 409 g/mol. The number of nitrogens with zero attached hydrogens (tertiary/aromatic N) is 2. The van der Waals surface area contributed by atoms with Crippen LogP contribution in [0.15, 0.2) is 71.9 Å². The predicted molar refractivity (Wildman–Crippen MR) is 107 cm³/mol. The smallest absolute Gasteiger partial charge is 0.261 e. The Morgan fingerprint density at radius 2 is 1.86 bits per heavy atom. The molecule has 7 nitrogen and oxygen atoms in total. The highest BCUT2D eigenvalue weighted by Gasteiger charge is 2.38. The average Bonchev–Trinajstić information content (AvgIpc) is 2.95. The van der Waals surface area contributed by atoms with Gasteiger partial charge in [-0.25, -0.2) is 8.42 Å². The molecule has 3 aromatic rings. The third-order valence-electron chi connectivity index (χ3n) is 4.80. The van der Waals surface area contributed by atoms with Crippen LogP contribution >= 0.6 is 0 Å². The molecular formula is C21H19N3O4S. The number of aromatic nitrogens is 1. The Morgan fingerprint density at radius 3 is 2.55 bits per heavy atom. The molecule has 1 unspecified atom stereocenters. The fourth-order valence-corrected chi connectivity index (χ4v) is 4.37. The van der Waals surface area contributed by atoms with Gasteiger partial charge in [-0.05, 0) is 36.8 Å². The zero-order valence-corrected chi connectivity index (χ0v) is 16.4. The van der Waals surface area contributed by atoms with Crippen LogP contribution < -0.4 is 4.72 Å². The highest BCUT2D eigenvalue weighted by atomic mass is 32.2. The summed E-state index contributed by atoms with van der Waals surface area (Å²) in [6.07, 6.45) is 2.07. The number of nitrogens with one attached hydrogen (secondary N) is 1. The number of benzene rings is 2. The van der Waals surface area contributed by atoms with Crippen LogP contribution in [0.3, 0.4) is 0 Å². The van der Waals surface area contributed by atoms with Crippen LogP contribution in [0.2, 0.25) is 0 Å². The summed E-state index contributed by atoms with van der Waals surface area (Å²) >= 11 is 0. The molecule has 1 aromatic heterocycles. The highest BCUT2D eigenvalue weighted by molar-refractivity contribution is 7.92. The number of hydrogen-bond acceptors (Lipinski definition) is 5. The van der Waals surface area contributed by atoms with Gasteiger partial charge in [0.05, 0.1) is 22.7 Å². The number of hydrogen-bond donors (Lipinski definition) is 2. The minimum Gasteiger partial charge on any atom is -0.369 e. The first-order valence-corrected chi connectivity index (χ1v) is 10.5. The van der Waals surface area contributed by atoms with Crippen LogP contribution in [0.5, 0.6) is 0 Å². The van der Waals surface area contributed by atoms with E-state index in [0.29, 0.717) is 5.56 Å². The maximum absolute atomic E-state index is 13.0. The lowest BCUT2D eigenvalue weighted by Gasteiger charge is -2.20. The molecule has 0 spiro atoms. The number of carbonyl (C=O) groups excluding carboxylic acids is 1. The van der Waals surface area contributed by atoms with Crippen molar-refractivity contribution in [1.82, 2.24) is 9.88 Å². The molecule has 1 aliphatic heterocycles. The minimum absolute atomic E-state index is 0.0962. The van der Waals surface area contributed by atoms with Crippen LogP contribution in [0, 0.1) is 6.92 Å². The van der Waals surface area contributed by atoms with E-state index >= 15 is 0 Å². The van der Waals surface area contributed by atoms with Gasteiger partial charge in [0, 0.05) is 18.0 Å².